The van der Waals surface area contributed by atoms with Crippen molar-refractivity contribution in [2.75, 3.05) is 19.6 Å². The maximum absolute atomic E-state index is 12.9. The molecule has 0 aliphatic carbocycles. The molecule has 19 heavy (non-hydrogen) atoms. The van der Waals surface area contributed by atoms with Gasteiger partial charge >= 0.3 is 0 Å². The van der Waals surface area contributed by atoms with Crippen LogP contribution in [0.4, 0.5) is 4.39 Å². The van der Waals surface area contributed by atoms with Crippen LogP contribution in [-0.4, -0.2) is 24.5 Å². The number of hydrogen-bond acceptors (Lipinski definition) is 2. The van der Waals surface area contributed by atoms with Gasteiger partial charge in [0.15, 0.2) is 0 Å². The van der Waals surface area contributed by atoms with Gasteiger partial charge in [-0.3, -0.25) is 4.90 Å². The lowest BCUT2D eigenvalue weighted by Crippen LogP contribution is -2.23. The SMILES string of the molecule is Fc1ccc(C2=CCC=C(CN3CCCC3)O2)cc1. The van der Waals surface area contributed by atoms with E-state index in [0.29, 0.717) is 0 Å². The van der Waals surface area contributed by atoms with Gasteiger partial charge in [0, 0.05) is 5.56 Å². The summed E-state index contributed by atoms with van der Waals surface area (Å²) in [6.07, 6.45) is 7.63. The van der Waals surface area contributed by atoms with Crippen molar-refractivity contribution in [3.05, 3.63) is 53.6 Å². The highest BCUT2D eigenvalue weighted by atomic mass is 19.1. The van der Waals surface area contributed by atoms with Crippen LogP contribution in [0, 0.1) is 5.82 Å². The maximum atomic E-state index is 12.9. The van der Waals surface area contributed by atoms with Gasteiger partial charge in [0.2, 0.25) is 0 Å². The molecule has 2 heterocycles. The van der Waals surface area contributed by atoms with E-state index >= 15 is 0 Å². The van der Waals surface area contributed by atoms with E-state index < -0.39 is 0 Å². The molecule has 3 rings (SSSR count). The molecule has 100 valence electrons. The van der Waals surface area contributed by atoms with Crippen LogP contribution < -0.4 is 0 Å². The highest BCUT2D eigenvalue weighted by Crippen LogP contribution is 2.25. The molecule has 3 heteroatoms. The molecule has 0 radical (unpaired) electrons. The van der Waals surface area contributed by atoms with Gasteiger partial charge in [0.05, 0.1) is 6.54 Å². The summed E-state index contributed by atoms with van der Waals surface area (Å²) in [6.45, 7) is 3.21. The molecular weight excluding hydrogens is 241 g/mol. The number of ether oxygens (including phenoxy) is 1. The van der Waals surface area contributed by atoms with Gasteiger partial charge in [-0.1, -0.05) is 0 Å². The minimum atomic E-state index is -0.215. The molecule has 1 aromatic rings. The molecule has 0 unspecified atom stereocenters. The molecule has 0 saturated carbocycles. The smallest absolute Gasteiger partial charge is 0.130 e. The molecule has 2 aliphatic rings. The van der Waals surface area contributed by atoms with Gasteiger partial charge in [-0.05, 0) is 68.8 Å². The molecule has 0 N–H and O–H groups in total. The highest BCUT2D eigenvalue weighted by Gasteiger charge is 2.17. The van der Waals surface area contributed by atoms with Crippen molar-refractivity contribution < 1.29 is 9.13 Å². The molecule has 1 aromatic carbocycles. The minimum absolute atomic E-state index is 0.215. The predicted octanol–water partition coefficient (Wildman–Crippen LogP) is 3.57. The third-order valence-electron chi connectivity index (χ3n) is 3.60. The molecular formula is C16H18FNO. The van der Waals surface area contributed by atoms with E-state index in [-0.39, 0.29) is 5.82 Å². The number of halogens is 1. The van der Waals surface area contributed by atoms with E-state index in [1.165, 1.54) is 25.0 Å². The minimum Gasteiger partial charge on any atom is -0.460 e. The second-order valence-corrected chi connectivity index (χ2v) is 5.07. The first-order valence-electron chi connectivity index (χ1n) is 6.86. The maximum Gasteiger partial charge on any atom is 0.130 e. The van der Waals surface area contributed by atoms with Crippen molar-refractivity contribution in [2.45, 2.75) is 19.3 Å². The quantitative estimate of drug-likeness (QED) is 0.823. The molecule has 0 spiro atoms. The summed E-state index contributed by atoms with van der Waals surface area (Å²) in [5, 5.41) is 0. The Morgan fingerprint density at radius 1 is 1.05 bits per heavy atom. The fraction of sp³-hybridized carbons (Fsp3) is 0.375. The van der Waals surface area contributed by atoms with Gasteiger partial charge < -0.3 is 4.74 Å². The number of benzene rings is 1. The summed E-state index contributed by atoms with van der Waals surface area (Å²) >= 11 is 0. The summed E-state index contributed by atoms with van der Waals surface area (Å²) in [5.41, 5.74) is 0.938. The van der Waals surface area contributed by atoms with Gasteiger partial charge in [-0.25, -0.2) is 4.39 Å². The average Bonchev–Trinajstić information content (AvgIpc) is 2.93. The van der Waals surface area contributed by atoms with Crippen molar-refractivity contribution in [1.82, 2.24) is 4.90 Å². The van der Waals surface area contributed by atoms with Crippen LogP contribution in [0.15, 0.2) is 42.2 Å². The van der Waals surface area contributed by atoms with Crippen LogP contribution in [0.5, 0.6) is 0 Å². The summed E-state index contributed by atoms with van der Waals surface area (Å²) in [4.78, 5) is 2.42. The summed E-state index contributed by atoms with van der Waals surface area (Å²) < 4.78 is 18.9. The van der Waals surface area contributed by atoms with E-state index in [4.69, 9.17) is 4.74 Å². The van der Waals surface area contributed by atoms with Crippen molar-refractivity contribution in [3.8, 4) is 0 Å². The Bertz CT molecular complexity index is 498. The van der Waals surface area contributed by atoms with Crippen molar-refractivity contribution in [3.63, 3.8) is 0 Å². The van der Waals surface area contributed by atoms with Gasteiger partial charge in [-0.2, -0.15) is 0 Å². The normalized spacial score (nSPS) is 19.8. The lowest BCUT2D eigenvalue weighted by atomic mass is 10.1. The lowest BCUT2D eigenvalue weighted by molar-refractivity contribution is 0.278. The topological polar surface area (TPSA) is 12.5 Å². The third-order valence-corrected chi connectivity index (χ3v) is 3.60. The Kier molecular flexibility index (Phi) is 3.65. The molecule has 2 nitrogen and oxygen atoms in total. The van der Waals surface area contributed by atoms with Crippen LogP contribution in [-0.2, 0) is 4.74 Å². The zero-order valence-corrected chi connectivity index (χ0v) is 10.9. The highest BCUT2D eigenvalue weighted by molar-refractivity contribution is 5.61. The van der Waals surface area contributed by atoms with E-state index in [9.17, 15) is 4.39 Å². The second kappa shape index (κ2) is 5.57. The largest absolute Gasteiger partial charge is 0.460 e. The number of hydrogen-bond donors (Lipinski definition) is 0. The van der Waals surface area contributed by atoms with Gasteiger partial charge in [0.1, 0.15) is 17.3 Å². The average molecular weight is 259 g/mol. The Hall–Kier alpha value is -1.61. The van der Waals surface area contributed by atoms with Gasteiger partial charge in [-0.15, -0.1) is 0 Å². The van der Waals surface area contributed by atoms with Crippen molar-refractivity contribution in [2.24, 2.45) is 0 Å². The fourth-order valence-corrected chi connectivity index (χ4v) is 2.57. The zero-order chi connectivity index (χ0) is 13.1. The fourth-order valence-electron chi connectivity index (χ4n) is 2.57. The van der Waals surface area contributed by atoms with Gasteiger partial charge in [0.25, 0.3) is 0 Å². The standard InChI is InChI=1S/C16H18FNO/c17-14-8-6-13(7-9-14)16-5-3-4-15(19-16)12-18-10-1-2-11-18/h4-9H,1-3,10-12H2. The molecule has 0 aromatic heterocycles. The first kappa shape index (κ1) is 12.4. The first-order valence-corrected chi connectivity index (χ1v) is 6.86. The predicted molar refractivity (Wildman–Crippen MR) is 73.8 cm³/mol. The van der Waals surface area contributed by atoms with Crippen LogP contribution in [0.25, 0.3) is 5.76 Å². The summed E-state index contributed by atoms with van der Waals surface area (Å²) in [7, 11) is 0. The van der Waals surface area contributed by atoms with Crippen LogP contribution in [0.2, 0.25) is 0 Å². The monoisotopic (exact) mass is 259 g/mol. The Labute approximate surface area is 113 Å². The first-order chi connectivity index (χ1) is 9.31. The number of nitrogens with zero attached hydrogens (tertiary/aromatic N) is 1. The lowest BCUT2D eigenvalue weighted by Gasteiger charge is -2.21. The number of allylic oxidation sites excluding steroid dienone is 2. The van der Waals surface area contributed by atoms with E-state index in [1.54, 1.807) is 12.1 Å². The van der Waals surface area contributed by atoms with E-state index in [0.717, 1.165) is 43.1 Å². The van der Waals surface area contributed by atoms with Crippen LogP contribution in [0.3, 0.4) is 0 Å². The number of rotatable bonds is 3. The zero-order valence-electron chi connectivity index (χ0n) is 10.9. The van der Waals surface area contributed by atoms with E-state index in [2.05, 4.69) is 11.0 Å². The molecule has 2 aliphatic heterocycles. The summed E-state index contributed by atoms with van der Waals surface area (Å²) in [5.74, 6) is 1.65. The molecule has 1 fully saturated rings. The number of likely N-dealkylation sites (tertiary alicyclic amines) is 1. The van der Waals surface area contributed by atoms with Crippen LogP contribution >= 0.6 is 0 Å². The Balaban J connectivity index is 1.65. The van der Waals surface area contributed by atoms with Crippen LogP contribution in [0.1, 0.15) is 24.8 Å². The third kappa shape index (κ3) is 3.04. The molecule has 1 saturated heterocycles. The second-order valence-electron chi connectivity index (χ2n) is 5.07. The Morgan fingerprint density at radius 3 is 2.53 bits per heavy atom. The molecule has 0 bridgehead atoms. The molecule has 0 amide bonds. The Morgan fingerprint density at radius 2 is 1.79 bits per heavy atom. The van der Waals surface area contributed by atoms with E-state index in [1.807, 2.05) is 6.08 Å². The van der Waals surface area contributed by atoms with Crippen molar-refractivity contribution in [1.29, 1.82) is 0 Å². The van der Waals surface area contributed by atoms with Crippen molar-refractivity contribution >= 4 is 5.76 Å². The molecule has 0 atom stereocenters. The summed E-state index contributed by atoms with van der Waals surface area (Å²) in [6, 6.07) is 6.47.